The fourth-order valence-electron chi connectivity index (χ4n) is 1.79. The van der Waals surface area contributed by atoms with E-state index in [9.17, 15) is 27.9 Å². The molecule has 0 aromatic heterocycles. The molecular formula is C13H13ClF3NO3. The molecule has 1 aromatic carbocycles. The van der Waals surface area contributed by atoms with Crippen LogP contribution in [-0.2, 0) is 0 Å². The van der Waals surface area contributed by atoms with Gasteiger partial charge in [-0.2, -0.15) is 13.2 Å². The van der Waals surface area contributed by atoms with Crippen molar-refractivity contribution in [3.05, 3.63) is 28.8 Å². The van der Waals surface area contributed by atoms with Gasteiger partial charge in [0, 0.05) is 10.6 Å². The van der Waals surface area contributed by atoms with Gasteiger partial charge in [0.25, 0.3) is 5.78 Å². The minimum atomic E-state index is -5.12. The van der Waals surface area contributed by atoms with E-state index in [4.69, 9.17) is 11.6 Å². The molecule has 1 rings (SSSR count). The van der Waals surface area contributed by atoms with E-state index in [1.165, 1.54) is 26.8 Å². The normalized spacial score (nSPS) is 12.1. The minimum absolute atomic E-state index is 0.0920. The Morgan fingerprint density at radius 1 is 1.19 bits per heavy atom. The molecule has 21 heavy (non-hydrogen) atoms. The van der Waals surface area contributed by atoms with Gasteiger partial charge in [-0.3, -0.25) is 9.69 Å². The molecule has 8 heteroatoms. The molecule has 0 saturated carbocycles. The van der Waals surface area contributed by atoms with Crippen molar-refractivity contribution in [3.8, 4) is 0 Å². The molecule has 116 valence electrons. The van der Waals surface area contributed by atoms with Crippen molar-refractivity contribution in [2.75, 3.05) is 4.90 Å². The van der Waals surface area contributed by atoms with Gasteiger partial charge >= 0.3 is 12.3 Å². The molecule has 0 aliphatic rings. The first-order chi connectivity index (χ1) is 9.35. The lowest BCUT2D eigenvalue weighted by Gasteiger charge is -2.34. The number of anilines is 1. The fourth-order valence-corrected chi connectivity index (χ4v) is 1.96. The van der Waals surface area contributed by atoms with Crippen LogP contribution in [0.4, 0.5) is 23.7 Å². The third-order valence-electron chi connectivity index (χ3n) is 2.56. The second-order valence-electron chi connectivity index (χ2n) is 5.28. The predicted molar refractivity (Wildman–Crippen MR) is 72.1 cm³/mol. The molecule has 0 bridgehead atoms. The van der Waals surface area contributed by atoms with Gasteiger partial charge in [-0.1, -0.05) is 11.6 Å². The zero-order valence-corrected chi connectivity index (χ0v) is 12.2. The van der Waals surface area contributed by atoms with Gasteiger partial charge in [0.1, 0.15) is 0 Å². The number of alkyl halides is 3. The van der Waals surface area contributed by atoms with Gasteiger partial charge in [-0.15, -0.1) is 0 Å². The molecular weight excluding hydrogens is 311 g/mol. The Morgan fingerprint density at radius 2 is 1.71 bits per heavy atom. The van der Waals surface area contributed by atoms with Gasteiger partial charge in [0.2, 0.25) is 0 Å². The Bertz CT molecular complexity index is 579. The molecule has 4 nitrogen and oxygen atoms in total. The zero-order valence-electron chi connectivity index (χ0n) is 11.5. The summed E-state index contributed by atoms with van der Waals surface area (Å²) in [4.78, 5) is 23.5. The van der Waals surface area contributed by atoms with Gasteiger partial charge < -0.3 is 5.11 Å². The molecule has 0 aliphatic heterocycles. The first-order valence-electron chi connectivity index (χ1n) is 5.80. The maximum absolute atomic E-state index is 12.6. The molecule has 0 unspecified atom stereocenters. The first-order valence-corrected chi connectivity index (χ1v) is 6.17. The Morgan fingerprint density at radius 3 is 2.10 bits per heavy atom. The molecule has 1 aromatic rings. The van der Waals surface area contributed by atoms with Gasteiger partial charge in [0.15, 0.2) is 0 Å². The van der Waals surface area contributed by atoms with Gasteiger partial charge in [0.05, 0.1) is 11.3 Å². The summed E-state index contributed by atoms with van der Waals surface area (Å²) in [6.07, 6.45) is -6.59. The topological polar surface area (TPSA) is 57.6 Å². The first kappa shape index (κ1) is 17.3. The number of carboxylic acid groups (broad SMARTS) is 1. The van der Waals surface area contributed by atoms with Crippen LogP contribution in [0.1, 0.15) is 31.1 Å². The number of carbonyl (C=O) groups excluding carboxylic acids is 1. The lowest BCUT2D eigenvalue weighted by atomic mass is 10.0. The van der Waals surface area contributed by atoms with E-state index in [-0.39, 0.29) is 10.7 Å². The number of ketones is 1. The summed E-state index contributed by atoms with van der Waals surface area (Å²) in [6, 6.07) is 3.13. The van der Waals surface area contributed by atoms with E-state index >= 15 is 0 Å². The highest BCUT2D eigenvalue weighted by molar-refractivity contribution is 6.31. The summed E-state index contributed by atoms with van der Waals surface area (Å²) < 4.78 is 37.9. The van der Waals surface area contributed by atoms with E-state index in [2.05, 4.69) is 0 Å². The van der Waals surface area contributed by atoms with Crippen LogP contribution in [-0.4, -0.2) is 28.7 Å². The van der Waals surface area contributed by atoms with Crippen molar-refractivity contribution < 1.29 is 27.9 Å². The van der Waals surface area contributed by atoms with Gasteiger partial charge in [-0.25, -0.2) is 4.79 Å². The van der Waals surface area contributed by atoms with Crippen molar-refractivity contribution >= 4 is 29.2 Å². The molecule has 1 amide bonds. The average Bonchev–Trinajstić information content (AvgIpc) is 2.26. The second kappa shape index (κ2) is 5.55. The van der Waals surface area contributed by atoms with Crippen LogP contribution in [0.5, 0.6) is 0 Å². The van der Waals surface area contributed by atoms with E-state index in [1.807, 2.05) is 0 Å². The summed E-state index contributed by atoms with van der Waals surface area (Å²) in [7, 11) is 0. The number of nitrogens with zero attached hydrogens (tertiary/aromatic N) is 1. The van der Waals surface area contributed by atoms with E-state index in [0.717, 1.165) is 12.1 Å². The molecule has 0 spiro atoms. The smallest absolute Gasteiger partial charge is 0.454 e. The second-order valence-corrected chi connectivity index (χ2v) is 5.71. The molecule has 1 N–H and O–H groups in total. The minimum Gasteiger partial charge on any atom is -0.465 e. The van der Waals surface area contributed by atoms with E-state index in [0.29, 0.717) is 4.90 Å². The Balaban J connectivity index is 3.57. The predicted octanol–water partition coefficient (Wildman–Crippen LogP) is 4.37. The molecule has 0 atom stereocenters. The Kier molecular flexibility index (Phi) is 4.57. The molecule has 0 aliphatic carbocycles. The number of halogens is 4. The zero-order chi connectivity index (χ0) is 16.6. The van der Waals surface area contributed by atoms with Crippen LogP contribution in [0.25, 0.3) is 0 Å². The van der Waals surface area contributed by atoms with Crippen LogP contribution in [0, 0.1) is 0 Å². The number of carbonyl (C=O) groups is 2. The van der Waals surface area contributed by atoms with Crippen LogP contribution in [0.3, 0.4) is 0 Å². The van der Waals surface area contributed by atoms with Gasteiger partial charge in [-0.05, 0) is 39.0 Å². The maximum atomic E-state index is 12.6. The lowest BCUT2D eigenvalue weighted by molar-refractivity contribution is -0.0885. The van der Waals surface area contributed by atoms with Crippen molar-refractivity contribution in [2.24, 2.45) is 0 Å². The van der Waals surface area contributed by atoms with Crippen LogP contribution >= 0.6 is 11.6 Å². The maximum Gasteiger partial charge on any atom is 0.454 e. The average molecular weight is 324 g/mol. The Labute approximate surface area is 124 Å². The number of hydrogen-bond donors (Lipinski definition) is 1. The fraction of sp³-hybridized carbons (Fsp3) is 0.385. The molecule has 0 heterocycles. The summed E-state index contributed by atoms with van der Waals surface area (Å²) in [6.45, 7) is 4.49. The third-order valence-corrected chi connectivity index (χ3v) is 2.80. The standard InChI is InChI=1S/C13H13ClF3NO3/c1-12(2,3)18(11(20)21)9-5-4-7(14)6-8(9)10(19)13(15,16)17/h4-6H,1-3H3,(H,20,21). The highest BCUT2D eigenvalue weighted by atomic mass is 35.5. The van der Waals surface area contributed by atoms with Crippen LogP contribution in [0.2, 0.25) is 5.02 Å². The summed E-state index contributed by atoms with van der Waals surface area (Å²) in [5.74, 6) is -2.14. The SMILES string of the molecule is CC(C)(C)N(C(=O)O)c1ccc(Cl)cc1C(=O)C(F)(F)F. The number of benzene rings is 1. The van der Waals surface area contributed by atoms with Crippen molar-refractivity contribution in [1.82, 2.24) is 0 Å². The van der Waals surface area contributed by atoms with Crippen molar-refractivity contribution in [1.29, 1.82) is 0 Å². The largest absolute Gasteiger partial charge is 0.465 e. The van der Waals surface area contributed by atoms with E-state index < -0.39 is 29.2 Å². The van der Waals surface area contributed by atoms with Crippen LogP contribution < -0.4 is 4.90 Å². The highest BCUT2D eigenvalue weighted by Gasteiger charge is 2.42. The number of Topliss-reactive ketones (excluding diaryl/α,β-unsaturated/α-hetero) is 1. The molecule has 0 fully saturated rings. The highest BCUT2D eigenvalue weighted by Crippen LogP contribution is 2.34. The van der Waals surface area contributed by atoms with E-state index in [1.54, 1.807) is 0 Å². The third kappa shape index (κ3) is 3.87. The summed E-state index contributed by atoms with van der Waals surface area (Å²) in [5, 5.41) is 9.15. The quantitative estimate of drug-likeness (QED) is 0.822. The number of amides is 1. The summed E-state index contributed by atoms with van der Waals surface area (Å²) in [5.41, 5.74) is -2.20. The molecule has 0 saturated heterocycles. The monoisotopic (exact) mass is 323 g/mol. The summed E-state index contributed by atoms with van der Waals surface area (Å²) >= 11 is 5.62. The number of rotatable bonds is 2. The molecule has 0 radical (unpaired) electrons. The van der Waals surface area contributed by atoms with Crippen LogP contribution in [0.15, 0.2) is 18.2 Å². The Hall–Kier alpha value is -1.76. The van der Waals surface area contributed by atoms with Crippen molar-refractivity contribution in [3.63, 3.8) is 0 Å². The lowest BCUT2D eigenvalue weighted by Crippen LogP contribution is -2.46. The van der Waals surface area contributed by atoms with Crippen molar-refractivity contribution in [2.45, 2.75) is 32.5 Å². The number of hydrogen-bond acceptors (Lipinski definition) is 2.